The quantitative estimate of drug-likeness (QED) is 0.788. The van der Waals surface area contributed by atoms with Crippen molar-refractivity contribution < 1.29 is 24.2 Å². The van der Waals surface area contributed by atoms with Gasteiger partial charge in [0.05, 0.1) is 18.6 Å². The molecule has 0 aromatic rings. The number of aliphatic carboxylic acids is 1. The molecule has 6 nitrogen and oxygen atoms in total. The Morgan fingerprint density at radius 3 is 2.84 bits per heavy atom. The molecule has 2 rings (SSSR count). The number of nitrogens with zero attached hydrogens (tertiary/aromatic N) is 1. The van der Waals surface area contributed by atoms with Crippen molar-refractivity contribution in [3.05, 3.63) is 0 Å². The minimum absolute atomic E-state index is 0.0978. The molecule has 19 heavy (non-hydrogen) atoms. The second kappa shape index (κ2) is 6.34. The fourth-order valence-electron chi connectivity index (χ4n) is 2.52. The summed E-state index contributed by atoms with van der Waals surface area (Å²) in [4.78, 5) is 24.5. The Hall–Kier alpha value is -1.14. The fourth-order valence-corrected chi connectivity index (χ4v) is 2.52. The first-order chi connectivity index (χ1) is 9.08. The van der Waals surface area contributed by atoms with Crippen LogP contribution in [0.3, 0.4) is 0 Å². The van der Waals surface area contributed by atoms with Gasteiger partial charge < -0.3 is 19.5 Å². The molecular weight excluding hydrogens is 250 g/mol. The number of rotatable bonds is 5. The molecule has 108 valence electrons. The van der Waals surface area contributed by atoms with E-state index in [1.54, 1.807) is 11.8 Å². The van der Waals surface area contributed by atoms with Gasteiger partial charge in [-0.2, -0.15) is 0 Å². The van der Waals surface area contributed by atoms with E-state index in [4.69, 9.17) is 14.6 Å². The minimum atomic E-state index is -0.830. The third-order valence-electron chi connectivity index (χ3n) is 3.75. The standard InChI is InChI=1S/C13H21NO5/c1-9(19-8-11-3-2-6-18-11)12(15)14-5-4-10(7-14)13(16)17/h9-11H,2-8H2,1H3,(H,16,17)/t9-,10-,11+/m0/s1. The van der Waals surface area contributed by atoms with E-state index >= 15 is 0 Å². The summed E-state index contributed by atoms with van der Waals surface area (Å²) in [6, 6.07) is 0. The van der Waals surface area contributed by atoms with Gasteiger partial charge in [-0.25, -0.2) is 0 Å². The summed E-state index contributed by atoms with van der Waals surface area (Å²) in [5.74, 6) is -1.39. The Morgan fingerprint density at radius 1 is 1.47 bits per heavy atom. The Morgan fingerprint density at radius 2 is 2.26 bits per heavy atom. The van der Waals surface area contributed by atoms with Crippen molar-refractivity contribution in [2.75, 3.05) is 26.3 Å². The molecule has 0 saturated carbocycles. The second-order valence-corrected chi connectivity index (χ2v) is 5.22. The number of carboxylic acid groups (broad SMARTS) is 1. The van der Waals surface area contributed by atoms with E-state index in [-0.39, 0.29) is 12.0 Å². The Kier molecular flexibility index (Phi) is 4.76. The maximum absolute atomic E-state index is 12.1. The number of hydrogen-bond donors (Lipinski definition) is 1. The molecule has 2 heterocycles. The van der Waals surface area contributed by atoms with Crippen LogP contribution >= 0.6 is 0 Å². The lowest BCUT2D eigenvalue weighted by Crippen LogP contribution is -2.39. The molecule has 1 amide bonds. The van der Waals surface area contributed by atoms with Gasteiger partial charge in [0.15, 0.2) is 0 Å². The van der Waals surface area contributed by atoms with Gasteiger partial charge in [0.2, 0.25) is 0 Å². The lowest BCUT2D eigenvalue weighted by molar-refractivity contribution is -0.144. The first kappa shape index (κ1) is 14.3. The molecule has 2 fully saturated rings. The molecular formula is C13H21NO5. The van der Waals surface area contributed by atoms with Gasteiger partial charge in [-0.1, -0.05) is 0 Å². The molecule has 0 unspecified atom stereocenters. The van der Waals surface area contributed by atoms with Crippen LogP contribution < -0.4 is 0 Å². The van der Waals surface area contributed by atoms with Crippen molar-refractivity contribution in [1.82, 2.24) is 4.90 Å². The van der Waals surface area contributed by atoms with E-state index in [1.807, 2.05) is 0 Å². The van der Waals surface area contributed by atoms with Crippen LogP contribution in [0.15, 0.2) is 0 Å². The normalized spacial score (nSPS) is 28.6. The number of ether oxygens (including phenoxy) is 2. The number of carboxylic acids is 1. The zero-order chi connectivity index (χ0) is 13.8. The highest BCUT2D eigenvalue weighted by molar-refractivity contribution is 5.82. The Balaban J connectivity index is 1.74. The topological polar surface area (TPSA) is 76.1 Å². The zero-order valence-corrected chi connectivity index (χ0v) is 11.2. The summed E-state index contributed by atoms with van der Waals surface area (Å²) in [7, 11) is 0. The fraction of sp³-hybridized carbons (Fsp3) is 0.846. The van der Waals surface area contributed by atoms with Gasteiger partial charge in [-0.3, -0.25) is 9.59 Å². The van der Waals surface area contributed by atoms with Crippen molar-refractivity contribution in [3.8, 4) is 0 Å². The van der Waals surface area contributed by atoms with Crippen molar-refractivity contribution in [3.63, 3.8) is 0 Å². The molecule has 6 heteroatoms. The predicted molar refractivity (Wildman–Crippen MR) is 66.7 cm³/mol. The molecule has 2 aliphatic rings. The number of hydrogen-bond acceptors (Lipinski definition) is 4. The first-order valence-corrected chi connectivity index (χ1v) is 6.82. The van der Waals surface area contributed by atoms with Gasteiger partial charge in [0.25, 0.3) is 5.91 Å². The highest BCUT2D eigenvalue weighted by Crippen LogP contribution is 2.18. The summed E-state index contributed by atoms with van der Waals surface area (Å²) < 4.78 is 11.0. The van der Waals surface area contributed by atoms with E-state index in [0.29, 0.717) is 26.1 Å². The highest BCUT2D eigenvalue weighted by Gasteiger charge is 2.33. The number of carbonyl (C=O) groups is 2. The van der Waals surface area contributed by atoms with Gasteiger partial charge in [0.1, 0.15) is 6.10 Å². The van der Waals surface area contributed by atoms with Crippen LogP contribution in [-0.4, -0.2) is 60.4 Å². The molecule has 0 aromatic carbocycles. The van der Waals surface area contributed by atoms with Crippen LogP contribution in [0.4, 0.5) is 0 Å². The van der Waals surface area contributed by atoms with E-state index in [2.05, 4.69) is 0 Å². The van der Waals surface area contributed by atoms with Gasteiger partial charge in [-0.15, -0.1) is 0 Å². The highest BCUT2D eigenvalue weighted by atomic mass is 16.5. The van der Waals surface area contributed by atoms with Crippen LogP contribution in [0.2, 0.25) is 0 Å². The van der Waals surface area contributed by atoms with Gasteiger partial charge in [-0.05, 0) is 26.2 Å². The van der Waals surface area contributed by atoms with Gasteiger partial charge >= 0.3 is 5.97 Å². The van der Waals surface area contributed by atoms with E-state index in [9.17, 15) is 9.59 Å². The second-order valence-electron chi connectivity index (χ2n) is 5.22. The van der Waals surface area contributed by atoms with Crippen molar-refractivity contribution in [1.29, 1.82) is 0 Å². The molecule has 0 spiro atoms. The minimum Gasteiger partial charge on any atom is -0.481 e. The van der Waals surface area contributed by atoms with Crippen LogP contribution in [0.25, 0.3) is 0 Å². The van der Waals surface area contributed by atoms with Gasteiger partial charge in [0, 0.05) is 19.7 Å². The maximum Gasteiger partial charge on any atom is 0.308 e. The Labute approximate surface area is 112 Å². The molecule has 2 aliphatic heterocycles. The van der Waals surface area contributed by atoms with Crippen molar-refractivity contribution in [2.45, 2.75) is 38.4 Å². The van der Waals surface area contributed by atoms with Crippen molar-refractivity contribution >= 4 is 11.9 Å². The van der Waals surface area contributed by atoms with Crippen molar-refractivity contribution in [2.24, 2.45) is 5.92 Å². The predicted octanol–water partition coefficient (Wildman–Crippen LogP) is 0.504. The smallest absolute Gasteiger partial charge is 0.308 e. The van der Waals surface area contributed by atoms with Crippen LogP contribution in [0.1, 0.15) is 26.2 Å². The monoisotopic (exact) mass is 271 g/mol. The molecule has 0 aliphatic carbocycles. The summed E-state index contributed by atoms with van der Waals surface area (Å²) in [6.45, 7) is 3.71. The summed E-state index contributed by atoms with van der Waals surface area (Å²) >= 11 is 0. The molecule has 0 radical (unpaired) electrons. The van der Waals surface area contributed by atoms with E-state index < -0.39 is 18.0 Å². The number of carbonyl (C=O) groups excluding carboxylic acids is 1. The van der Waals surface area contributed by atoms with Crippen LogP contribution in [0, 0.1) is 5.92 Å². The lowest BCUT2D eigenvalue weighted by Gasteiger charge is -2.22. The Bertz CT molecular complexity index is 340. The zero-order valence-electron chi connectivity index (χ0n) is 11.2. The first-order valence-electron chi connectivity index (χ1n) is 6.82. The summed E-state index contributed by atoms with van der Waals surface area (Å²) in [5, 5.41) is 8.91. The number of likely N-dealkylation sites (tertiary alicyclic amines) is 1. The molecule has 0 bridgehead atoms. The summed E-state index contributed by atoms with van der Waals surface area (Å²) in [5.41, 5.74) is 0. The molecule has 1 N–H and O–H groups in total. The third-order valence-corrected chi connectivity index (χ3v) is 3.75. The van der Waals surface area contributed by atoms with Crippen LogP contribution in [-0.2, 0) is 19.1 Å². The average Bonchev–Trinajstić information content (AvgIpc) is 3.05. The van der Waals surface area contributed by atoms with E-state index in [0.717, 1.165) is 19.4 Å². The third kappa shape index (κ3) is 3.67. The molecule has 0 aromatic heterocycles. The largest absolute Gasteiger partial charge is 0.481 e. The lowest BCUT2D eigenvalue weighted by atomic mass is 10.1. The SMILES string of the molecule is C[C@H](OC[C@H]1CCCO1)C(=O)N1CC[C@H](C(=O)O)C1. The summed E-state index contributed by atoms with van der Waals surface area (Å²) in [6.07, 6.45) is 2.12. The maximum atomic E-state index is 12.1. The number of amides is 1. The molecule has 2 saturated heterocycles. The average molecular weight is 271 g/mol. The molecule has 3 atom stereocenters. The van der Waals surface area contributed by atoms with Crippen LogP contribution in [0.5, 0.6) is 0 Å². The van der Waals surface area contributed by atoms with E-state index in [1.165, 1.54) is 0 Å².